The zero-order valence-corrected chi connectivity index (χ0v) is 24.8. The van der Waals surface area contributed by atoms with E-state index in [2.05, 4.69) is 46.7 Å². The van der Waals surface area contributed by atoms with Gasteiger partial charge in [0.1, 0.15) is 6.04 Å². The van der Waals surface area contributed by atoms with Crippen molar-refractivity contribution in [2.75, 3.05) is 20.1 Å². The van der Waals surface area contributed by atoms with Crippen LogP contribution >= 0.6 is 23.2 Å². The number of halogens is 2. The second-order valence-corrected chi connectivity index (χ2v) is 11.8. The van der Waals surface area contributed by atoms with Crippen molar-refractivity contribution >= 4 is 56.7 Å². The number of aromatic amines is 1. The molecule has 2 heterocycles. The van der Waals surface area contributed by atoms with E-state index in [4.69, 9.17) is 23.2 Å². The molecule has 6 rings (SSSR count). The summed E-state index contributed by atoms with van der Waals surface area (Å²) < 4.78 is 0. The summed E-state index contributed by atoms with van der Waals surface area (Å²) in [6.45, 7) is 1.41. The van der Waals surface area contributed by atoms with Crippen LogP contribution in [0.4, 0.5) is 0 Å². The molecule has 1 aromatic heterocycles. The van der Waals surface area contributed by atoms with Gasteiger partial charge in [0.2, 0.25) is 11.8 Å². The van der Waals surface area contributed by atoms with Crippen LogP contribution in [0.15, 0.2) is 91.1 Å². The number of nitrogens with zero attached hydrogens (tertiary/aromatic N) is 2. The van der Waals surface area contributed by atoms with E-state index in [0.29, 0.717) is 42.5 Å². The van der Waals surface area contributed by atoms with Crippen LogP contribution < -0.4 is 5.32 Å². The van der Waals surface area contributed by atoms with E-state index in [-0.39, 0.29) is 11.8 Å². The number of fused-ring (bicyclic) bond motifs is 2. The molecular formula is C34H32Cl2N4O2. The van der Waals surface area contributed by atoms with Crippen LogP contribution in [0.2, 0.25) is 10.0 Å². The van der Waals surface area contributed by atoms with E-state index in [0.717, 1.165) is 38.4 Å². The maximum atomic E-state index is 14.2. The predicted octanol–water partition coefficient (Wildman–Crippen LogP) is 6.24. The molecule has 42 heavy (non-hydrogen) atoms. The lowest BCUT2D eigenvalue weighted by Crippen LogP contribution is -2.62. The van der Waals surface area contributed by atoms with Crippen molar-refractivity contribution in [3.8, 4) is 0 Å². The summed E-state index contributed by atoms with van der Waals surface area (Å²) in [6.07, 6.45) is 2.93. The van der Waals surface area contributed by atoms with Crippen molar-refractivity contribution in [3.63, 3.8) is 0 Å². The summed E-state index contributed by atoms with van der Waals surface area (Å²) in [7, 11) is 1.77. The summed E-state index contributed by atoms with van der Waals surface area (Å²) in [5.41, 5.74) is 4.00. The second kappa shape index (κ2) is 12.2. The minimum absolute atomic E-state index is 0.0615. The minimum Gasteiger partial charge on any atom is -0.361 e. The molecule has 2 atom stereocenters. The van der Waals surface area contributed by atoms with E-state index in [1.807, 2.05) is 42.6 Å². The van der Waals surface area contributed by atoms with Crippen LogP contribution in [0.3, 0.4) is 0 Å². The summed E-state index contributed by atoms with van der Waals surface area (Å²) in [5.74, 6) is -0.177. The average molecular weight is 600 g/mol. The molecule has 8 heteroatoms. The molecule has 0 saturated carbocycles. The fourth-order valence-electron chi connectivity index (χ4n) is 5.91. The Kier molecular flexibility index (Phi) is 8.20. The quantitative estimate of drug-likeness (QED) is 0.222. The minimum atomic E-state index is -0.654. The van der Waals surface area contributed by atoms with E-state index in [1.165, 1.54) is 0 Å². The molecule has 2 N–H and O–H groups in total. The number of hydrogen-bond donors (Lipinski definition) is 2. The molecular weight excluding hydrogens is 567 g/mol. The third-order valence-electron chi connectivity index (χ3n) is 8.11. The van der Waals surface area contributed by atoms with Gasteiger partial charge in [0, 0.05) is 50.2 Å². The number of nitrogens with one attached hydrogen (secondary N) is 2. The molecule has 6 nitrogen and oxygen atoms in total. The monoisotopic (exact) mass is 598 g/mol. The molecule has 1 fully saturated rings. The molecule has 214 valence electrons. The first-order chi connectivity index (χ1) is 20.4. The Hall–Kier alpha value is -3.84. The molecule has 0 aliphatic carbocycles. The number of piperazine rings is 1. The van der Waals surface area contributed by atoms with Crippen LogP contribution in [-0.4, -0.2) is 58.8 Å². The molecule has 0 spiro atoms. The Morgan fingerprint density at radius 3 is 2.55 bits per heavy atom. The van der Waals surface area contributed by atoms with Gasteiger partial charge in [-0.05, 0) is 52.1 Å². The topological polar surface area (TPSA) is 68.4 Å². The fraction of sp³-hybridized carbons (Fsp3) is 0.235. The Balaban J connectivity index is 1.28. The Morgan fingerprint density at radius 2 is 1.71 bits per heavy atom. The van der Waals surface area contributed by atoms with Crippen LogP contribution in [0.5, 0.6) is 0 Å². The lowest BCUT2D eigenvalue weighted by Gasteiger charge is -2.39. The Labute approximate surface area is 255 Å². The number of carbonyl (C=O) groups excluding carboxylic acids is 2. The normalized spacial score (nSPS) is 16.2. The molecule has 4 aromatic carbocycles. The molecule has 1 aliphatic rings. The number of aromatic nitrogens is 1. The first-order valence-electron chi connectivity index (χ1n) is 14.1. The summed E-state index contributed by atoms with van der Waals surface area (Å²) in [4.78, 5) is 35.0. The molecule has 5 aromatic rings. The first-order valence-corrected chi connectivity index (χ1v) is 14.9. The lowest BCUT2D eigenvalue weighted by molar-refractivity contribution is -0.148. The number of para-hydroxylation sites is 1. The van der Waals surface area contributed by atoms with Crippen LogP contribution in [0.1, 0.15) is 16.7 Å². The van der Waals surface area contributed by atoms with Gasteiger partial charge in [-0.15, -0.1) is 0 Å². The zero-order valence-electron chi connectivity index (χ0n) is 23.3. The van der Waals surface area contributed by atoms with Crippen molar-refractivity contribution < 1.29 is 9.59 Å². The Bertz CT molecular complexity index is 1770. The average Bonchev–Trinajstić information content (AvgIpc) is 3.41. The molecule has 1 saturated heterocycles. The second-order valence-electron chi connectivity index (χ2n) is 10.9. The molecule has 0 bridgehead atoms. The third-order valence-corrected chi connectivity index (χ3v) is 8.85. The van der Waals surface area contributed by atoms with Crippen LogP contribution in [0.25, 0.3) is 21.7 Å². The highest BCUT2D eigenvalue weighted by molar-refractivity contribution is 6.42. The number of hydrogen-bond acceptors (Lipinski definition) is 3. The molecule has 1 aliphatic heterocycles. The van der Waals surface area contributed by atoms with Crippen LogP contribution in [0, 0.1) is 0 Å². The first kappa shape index (κ1) is 28.3. The fourth-order valence-corrected chi connectivity index (χ4v) is 6.23. The van der Waals surface area contributed by atoms with Gasteiger partial charge in [-0.25, -0.2) is 0 Å². The molecule has 0 unspecified atom stereocenters. The standard InChI is InChI=1S/C34H32Cl2N4O2/c1-39(21-23-11-13-28(35)29(36)17-23)34(42)32(18-22-10-12-24-6-2-3-7-25(24)16-22)40-15-14-37-31(33(40)41)19-26-20-38-30-9-5-4-8-27(26)30/h2-13,16-17,20,31-32,37-38H,14-15,18-19,21H2,1H3/t31-,32+/m0/s1. The van der Waals surface area contributed by atoms with Gasteiger partial charge in [-0.2, -0.15) is 0 Å². The summed E-state index contributed by atoms with van der Waals surface area (Å²) in [5, 5.41) is 7.67. The number of likely N-dealkylation sites (N-methyl/N-ethyl adjacent to an activating group) is 1. The molecule has 0 radical (unpaired) electrons. The van der Waals surface area contributed by atoms with Gasteiger partial charge in [0.25, 0.3) is 0 Å². The van der Waals surface area contributed by atoms with Gasteiger partial charge >= 0.3 is 0 Å². The van der Waals surface area contributed by atoms with Crippen molar-refractivity contribution in [3.05, 3.63) is 118 Å². The largest absolute Gasteiger partial charge is 0.361 e. The highest BCUT2D eigenvalue weighted by Crippen LogP contribution is 2.25. The number of amides is 2. The smallest absolute Gasteiger partial charge is 0.245 e. The van der Waals surface area contributed by atoms with Gasteiger partial charge in [-0.3, -0.25) is 9.59 Å². The van der Waals surface area contributed by atoms with Gasteiger partial charge in [-0.1, -0.05) is 89.9 Å². The highest BCUT2D eigenvalue weighted by Gasteiger charge is 2.38. The highest BCUT2D eigenvalue weighted by atomic mass is 35.5. The maximum Gasteiger partial charge on any atom is 0.245 e. The maximum absolute atomic E-state index is 14.2. The summed E-state index contributed by atoms with van der Waals surface area (Å²) >= 11 is 12.4. The number of benzene rings is 4. The van der Waals surface area contributed by atoms with Gasteiger partial charge in [0.05, 0.1) is 16.1 Å². The predicted molar refractivity (Wildman–Crippen MR) is 170 cm³/mol. The molecule has 2 amide bonds. The SMILES string of the molecule is CN(Cc1ccc(Cl)c(Cl)c1)C(=O)[C@@H](Cc1ccc2ccccc2c1)N1CCN[C@@H](Cc2c[nH]c3ccccc23)C1=O. The van der Waals surface area contributed by atoms with Crippen molar-refractivity contribution in [1.82, 2.24) is 20.1 Å². The number of H-pyrrole nitrogens is 1. The number of rotatable bonds is 8. The van der Waals surface area contributed by atoms with Crippen molar-refractivity contribution in [2.45, 2.75) is 31.5 Å². The van der Waals surface area contributed by atoms with E-state index in [9.17, 15) is 9.59 Å². The van der Waals surface area contributed by atoms with E-state index < -0.39 is 12.1 Å². The van der Waals surface area contributed by atoms with E-state index >= 15 is 0 Å². The Morgan fingerprint density at radius 1 is 0.952 bits per heavy atom. The van der Waals surface area contributed by atoms with E-state index in [1.54, 1.807) is 29.0 Å². The van der Waals surface area contributed by atoms with Gasteiger partial charge < -0.3 is 20.1 Å². The zero-order chi connectivity index (χ0) is 29.2. The van der Waals surface area contributed by atoms with Crippen LogP contribution in [-0.2, 0) is 29.0 Å². The third kappa shape index (κ3) is 5.88. The number of carbonyl (C=O) groups is 2. The van der Waals surface area contributed by atoms with Crippen molar-refractivity contribution in [2.24, 2.45) is 0 Å². The summed E-state index contributed by atoms with van der Waals surface area (Å²) in [6, 6.07) is 26.8. The van der Waals surface area contributed by atoms with Crippen molar-refractivity contribution in [1.29, 1.82) is 0 Å². The van der Waals surface area contributed by atoms with Gasteiger partial charge in [0.15, 0.2) is 0 Å². The lowest BCUT2D eigenvalue weighted by atomic mass is 9.97.